The summed E-state index contributed by atoms with van der Waals surface area (Å²) in [6, 6.07) is 10.3. The number of nitriles is 1. The van der Waals surface area contributed by atoms with Gasteiger partial charge in [0.15, 0.2) is 0 Å². The number of nitrogens with two attached hydrogens (primary N) is 1. The van der Waals surface area contributed by atoms with Gasteiger partial charge in [0, 0.05) is 24.8 Å². The van der Waals surface area contributed by atoms with Crippen LogP contribution in [0.4, 0.5) is 5.69 Å². The predicted molar refractivity (Wildman–Crippen MR) is 69.7 cm³/mol. The van der Waals surface area contributed by atoms with Crippen molar-refractivity contribution in [2.45, 2.75) is 31.7 Å². The van der Waals surface area contributed by atoms with E-state index in [4.69, 9.17) is 11.0 Å². The van der Waals surface area contributed by atoms with E-state index in [1.54, 1.807) is 0 Å². The second-order valence-corrected chi connectivity index (χ2v) is 4.61. The van der Waals surface area contributed by atoms with E-state index in [1.165, 1.54) is 24.9 Å². The van der Waals surface area contributed by atoms with Crippen LogP contribution in [0.2, 0.25) is 0 Å². The van der Waals surface area contributed by atoms with E-state index < -0.39 is 0 Å². The van der Waals surface area contributed by atoms with Gasteiger partial charge in [0.2, 0.25) is 0 Å². The summed E-state index contributed by atoms with van der Waals surface area (Å²) < 4.78 is 0. The lowest BCUT2D eigenvalue weighted by Gasteiger charge is -2.29. The van der Waals surface area contributed by atoms with E-state index in [2.05, 4.69) is 23.1 Å². The maximum atomic E-state index is 8.62. The molecule has 0 bridgehead atoms. The minimum atomic E-state index is -0.157. The van der Waals surface area contributed by atoms with Crippen LogP contribution in [0.1, 0.15) is 37.3 Å². The Labute approximate surface area is 103 Å². The summed E-state index contributed by atoms with van der Waals surface area (Å²) in [4.78, 5) is 2.42. The van der Waals surface area contributed by atoms with Crippen molar-refractivity contribution in [3.63, 3.8) is 0 Å². The zero-order chi connectivity index (χ0) is 12.1. The molecule has 2 rings (SSSR count). The number of piperidine rings is 1. The minimum Gasteiger partial charge on any atom is -0.372 e. The fourth-order valence-electron chi connectivity index (χ4n) is 2.30. The van der Waals surface area contributed by atoms with Gasteiger partial charge in [-0.05, 0) is 37.0 Å². The quantitative estimate of drug-likeness (QED) is 0.866. The van der Waals surface area contributed by atoms with Gasteiger partial charge in [-0.3, -0.25) is 0 Å². The summed E-state index contributed by atoms with van der Waals surface area (Å²) >= 11 is 0. The largest absolute Gasteiger partial charge is 0.372 e. The van der Waals surface area contributed by atoms with Gasteiger partial charge in [-0.1, -0.05) is 12.1 Å². The first kappa shape index (κ1) is 11.9. The molecule has 1 saturated heterocycles. The van der Waals surface area contributed by atoms with Gasteiger partial charge in [0.05, 0.1) is 12.5 Å². The molecule has 0 unspecified atom stereocenters. The Hall–Kier alpha value is -1.53. The van der Waals surface area contributed by atoms with E-state index in [1.807, 2.05) is 12.1 Å². The van der Waals surface area contributed by atoms with Crippen LogP contribution in [-0.2, 0) is 0 Å². The fraction of sp³-hybridized carbons (Fsp3) is 0.500. The first-order chi connectivity index (χ1) is 8.31. The van der Waals surface area contributed by atoms with Crippen LogP contribution in [0, 0.1) is 11.3 Å². The first-order valence-corrected chi connectivity index (χ1v) is 6.28. The van der Waals surface area contributed by atoms with Crippen molar-refractivity contribution < 1.29 is 0 Å². The topological polar surface area (TPSA) is 53.1 Å². The summed E-state index contributed by atoms with van der Waals surface area (Å²) in [5.74, 6) is 0. The summed E-state index contributed by atoms with van der Waals surface area (Å²) in [5.41, 5.74) is 8.22. The minimum absolute atomic E-state index is 0.157. The van der Waals surface area contributed by atoms with Gasteiger partial charge in [0.1, 0.15) is 0 Å². The third kappa shape index (κ3) is 2.98. The standard InChI is InChI=1S/C14H19N3/c15-9-8-14(16)12-4-6-13(7-5-12)17-10-2-1-3-11-17/h4-7,14H,1-3,8,10-11,16H2/t14-/m1/s1. The second kappa shape index (κ2) is 5.70. The molecule has 0 aromatic heterocycles. The van der Waals surface area contributed by atoms with Crippen molar-refractivity contribution in [2.24, 2.45) is 5.73 Å². The van der Waals surface area contributed by atoms with Crippen LogP contribution in [-0.4, -0.2) is 13.1 Å². The molecular formula is C14H19N3. The predicted octanol–water partition coefficient (Wildman–Crippen LogP) is 2.59. The third-order valence-electron chi connectivity index (χ3n) is 3.35. The summed E-state index contributed by atoms with van der Waals surface area (Å²) in [6.07, 6.45) is 4.30. The van der Waals surface area contributed by atoms with Crippen LogP contribution >= 0.6 is 0 Å². The molecule has 1 aromatic carbocycles. The van der Waals surface area contributed by atoms with E-state index in [9.17, 15) is 0 Å². The van der Waals surface area contributed by atoms with E-state index in [0.29, 0.717) is 6.42 Å². The molecule has 0 amide bonds. The van der Waals surface area contributed by atoms with Crippen molar-refractivity contribution >= 4 is 5.69 Å². The summed E-state index contributed by atoms with van der Waals surface area (Å²) in [7, 11) is 0. The Morgan fingerprint density at radius 1 is 1.18 bits per heavy atom. The number of anilines is 1. The third-order valence-corrected chi connectivity index (χ3v) is 3.35. The van der Waals surface area contributed by atoms with Gasteiger partial charge >= 0.3 is 0 Å². The number of rotatable bonds is 3. The van der Waals surface area contributed by atoms with Crippen molar-refractivity contribution in [2.75, 3.05) is 18.0 Å². The first-order valence-electron chi connectivity index (χ1n) is 6.28. The zero-order valence-electron chi connectivity index (χ0n) is 10.1. The average Bonchev–Trinajstić information content (AvgIpc) is 2.40. The summed E-state index contributed by atoms with van der Waals surface area (Å²) in [6.45, 7) is 2.31. The molecular weight excluding hydrogens is 210 g/mol. The molecule has 3 heteroatoms. The maximum absolute atomic E-state index is 8.62. The fourth-order valence-corrected chi connectivity index (χ4v) is 2.30. The van der Waals surface area contributed by atoms with Gasteiger partial charge in [-0.25, -0.2) is 0 Å². The smallest absolute Gasteiger partial charge is 0.0641 e. The Kier molecular flexibility index (Phi) is 4.00. The lowest BCUT2D eigenvalue weighted by molar-refractivity contribution is 0.577. The highest BCUT2D eigenvalue weighted by Gasteiger charge is 2.11. The normalized spacial score (nSPS) is 17.5. The average molecular weight is 229 g/mol. The highest BCUT2D eigenvalue weighted by molar-refractivity contribution is 5.48. The van der Waals surface area contributed by atoms with Crippen LogP contribution in [0.3, 0.4) is 0 Å². The van der Waals surface area contributed by atoms with E-state index in [0.717, 1.165) is 18.7 Å². The van der Waals surface area contributed by atoms with Crippen LogP contribution < -0.4 is 10.6 Å². The Balaban J connectivity index is 2.04. The van der Waals surface area contributed by atoms with Gasteiger partial charge in [-0.15, -0.1) is 0 Å². The van der Waals surface area contributed by atoms with E-state index >= 15 is 0 Å². The molecule has 1 atom stereocenters. The van der Waals surface area contributed by atoms with Gasteiger partial charge in [-0.2, -0.15) is 5.26 Å². The van der Waals surface area contributed by atoms with Gasteiger partial charge in [0.25, 0.3) is 0 Å². The van der Waals surface area contributed by atoms with Crippen LogP contribution in [0.25, 0.3) is 0 Å². The van der Waals surface area contributed by atoms with E-state index in [-0.39, 0.29) is 6.04 Å². The lowest BCUT2D eigenvalue weighted by Crippen LogP contribution is -2.29. The molecule has 0 saturated carbocycles. The molecule has 1 aliphatic rings. The Morgan fingerprint density at radius 3 is 2.41 bits per heavy atom. The maximum Gasteiger partial charge on any atom is 0.0641 e. The molecule has 2 N–H and O–H groups in total. The summed E-state index contributed by atoms with van der Waals surface area (Å²) in [5, 5.41) is 8.62. The molecule has 1 aromatic rings. The molecule has 1 aliphatic heterocycles. The van der Waals surface area contributed by atoms with Crippen LogP contribution in [0.5, 0.6) is 0 Å². The highest BCUT2D eigenvalue weighted by atomic mass is 15.1. The molecule has 17 heavy (non-hydrogen) atoms. The SMILES string of the molecule is N#CC[C@@H](N)c1ccc(N2CCCCC2)cc1. The van der Waals surface area contributed by atoms with Crippen LogP contribution in [0.15, 0.2) is 24.3 Å². The van der Waals surface area contributed by atoms with Crippen molar-refractivity contribution in [1.82, 2.24) is 0 Å². The molecule has 0 radical (unpaired) electrons. The molecule has 3 nitrogen and oxygen atoms in total. The lowest BCUT2D eigenvalue weighted by atomic mass is 10.0. The van der Waals surface area contributed by atoms with Crippen molar-refractivity contribution in [1.29, 1.82) is 5.26 Å². The zero-order valence-corrected chi connectivity index (χ0v) is 10.1. The number of hydrogen-bond donors (Lipinski definition) is 1. The number of benzene rings is 1. The number of nitrogens with zero attached hydrogens (tertiary/aromatic N) is 2. The Morgan fingerprint density at radius 2 is 1.82 bits per heavy atom. The monoisotopic (exact) mass is 229 g/mol. The van der Waals surface area contributed by atoms with Gasteiger partial charge < -0.3 is 10.6 Å². The molecule has 1 heterocycles. The van der Waals surface area contributed by atoms with Crippen molar-refractivity contribution in [3.05, 3.63) is 29.8 Å². The van der Waals surface area contributed by atoms with Crippen molar-refractivity contribution in [3.8, 4) is 6.07 Å². The number of hydrogen-bond acceptors (Lipinski definition) is 3. The molecule has 0 aliphatic carbocycles. The molecule has 0 spiro atoms. The molecule has 1 fully saturated rings. The highest BCUT2D eigenvalue weighted by Crippen LogP contribution is 2.22. The second-order valence-electron chi connectivity index (χ2n) is 4.61. The Bertz CT molecular complexity index is 385. The molecule has 90 valence electrons.